The summed E-state index contributed by atoms with van der Waals surface area (Å²) >= 11 is 0. The van der Waals surface area contributed by atoms with Crippen LogP contribution in [0.25, 0.3) is 0 Å². The van der Waals surface area contributed by atoms with Gasteiger partial charge < -0.3 is 28.4 Å². The van der Waals surface area contributed by atoms with Crippen molar-refractivity contribution in [1.82, 2.24) is 0 Å². The molecule has 8 unspecified atom stereocenters. The molecule has 0 radical (unpaired) electrons. The number of esters is 3. The number of fused-ring (bicyclic) bond motifs is 3. The lowest BCUT2D eigenvalue weighted by Crippen LogP contribution is -2.45. The first-order valence-electron chi connectivity index (χ1n) is 12.0. The van der Waals surface area contributed by atoms with E-state index >= 15 is 0 Å². The van der Waals surface area contributed by atoms with Crippen LogP contribution in [-0.4, -0.2) is 60.8 Å². The molecule has 0 aromatic heterocycles. The first-order chi connectivity index (χ1) is 16.5. The van der Waals surface area contributed by atoms with Crippen LogP contribution in [0.1, 0.15) is 53.9 Å². The summed E-state index contributed by atoms with van der Waals surface area (Å²) in [6.45, 7) is 12.6. The molecule has 1 spiro atoms. The highest BCUT2D eigenvalue weighted by Gasteiger charge is 2.64. The predicted octanol–water partition coefficient (Wildman–Crippen LogP) is 3.13. The Morgan fingerprint density at radius 1 is 1.11 bits per heavy atom. The smallest absolute Gasteiger partial charge is 0.305 e. The third-order valence-electron chi connectivity index (χ3n) is 6.92. The average molecular weight is 491 g/mol. The van der Waals surface area contributed by atoms with Crippen molar-refractivity contribution in [2.45, 2.75) is 90.2 Å². The Morgan fingerprint density at radius 2 is 1.80 bits per heavy atom. The fraction of sp³-hybridized carbons (Fsp3) is 0.654. The van der Waals surface area contributed by atoms with E-state index in [1.165, 1.54) is 27.0 Å². The zero-order chi connectivity index (χ0) is 25.5. The van der Waals surface area contributed by atoms with E-state index in [2.05, 4.69) is 6.58 Å². The molecule has 1 saturated carbocycles. The van der Waals surface area contributed by atoms with Crippen LogP contribution in [0.15, 0.2) is 35.6 Å². The van der Waals surface area contributed by atoms with E-state index in [9.17, 15) is 14.4 Å². The topological polar surface area (TPSA) is 113 Å². The number of hydrogen-bond donors (Lipinski definition) is 0. The summed E-state index contributed by atoms with van der Waals surface area (Å²) in [6, 6.07) is 0. The summed E-state index contributed by atoms with van der Waals surface area (Å²) in [4.78, 5) is 36.0. The van der Waals surface area contributed by atoms with Gasteiger partial charge in [-0.2, -0.15) is 0 Å². The number of ether oxygens (including phenoxy) is 6. The van der Waals surface area contributed by atoms with Crippen LogP contribution in [0, 0.1) is 11.8 Å². The van der Waals surface area contributed by atoms with Crippen molar-refractivity contribution in [3.63, 3.8) is 0 Å². The van der Waals surface area contributed by atoms with Crippen molar-refractivity contribution in [3.05, 3.63) is 35.6 Å². The predicted molar refractivity (Wildman–Crippen MR) is 123 cm³/mol. The highest BCUT2D eigenvalue weighted by atomic mass is 16.7. The Hall–Kier alpha value is -2.65. The summed E-state index contributed by atoms with van der Waals surface area (Å²) in [5.74, 6) is -2.16. The molecule has 8 atom stereocenters. The van der Waals surface area contributed by atoms with E-state index in [0.717, 1.165) is 11.1 Å². The second-order valence-electron chi connectivity index (χ2n) is 10.1. The monoisotopic (exact) mass is 490 g/mol. The number of rotatable bonds is 6. The summed E-state index contributed by atoms with van der Waals surface area (Å²) < 4.78 is 34.6. The molecule has 2 saturated heterocycles. The number of hydrogen-bond acceptors (Lipinski definition) is 9. The maximum Gasteiger partial charge on any atom is 0.305 e. The molecule has 0 amide bonds. The Morgan fingerprint density at radius 3 is 2.37 bits per heavy atom. The molecule has 9 heteroatoms. The van der Waals surface area contributed by atoms with Gasteiger partial charge in [0, 0.05) is 32.3 Å². The van der Waals surface area contributed by atoms with Gasteiger partial charge in [0.05, 0.1) is 24.9 Å². The summed E-state index contributed by atoms with van der Waals surface area (Å²) in [5.41, 5.74) is 2.03. The van der Waals surface area contributed by atoms with Gasteiger partial charge >= 0.3 is 17.9 Å². The van der Waals surface area contributed by atoms with Crippen molar-refractivity contribution >= 4 is 17.9 Å². The summed E-state index contributed by atoms with van der Waals surface area (Å²) in [7, 11) is 0. The molecule has 3 heterocycles. The molecule has 4 aliphatic rings. The molecular weight excluding hydrogens is 456 g/mol. The van der Waals surface area contributed by atoms with E-state index in [0.29, 0.717) is 31.4 Å². The fourth-order valence-corrected chi connectivity index (χ4v) is 5.39. The molecule has 35 heavy (non-hydrogen) atoms. The first-order valence-corrected chi connectivity index (χ1v) is 12.0. The van der Waals surface area contributed by atoms with Gasteiger partial charge in [0.1, 0.15) is 11.7 Å². The highest BCUT2D eigenvalue weighted by molar-refractivity contribution is 5.68. The third kappa shape index (κ3) is 5.62. The summed E-state index contributed by atoms with van der Waals surface area (Å²) in [5, 5.41) is 0. The second-order valence-corrected chi connectivity index (χ2v) is 10.1. The lowest BCUT2D eigenvalue weighted by atomic mass is 9.73. The SMILES string of the molecule is C=C1CC2OC2C2(CCC3C(C(OC(C)=O)C(C=C(C)C)OC(C)=O)=COC(OC(C)=O)C13)CO2. The molecule has 3 aliphatic heterocycles. The minimum Gasteiger partial charge on any atom is -0.462 e. The van der Waals surface area contributed by atoms with Gasteiger partial charge in [-0.25, -0.2) is 0 Å². The van der Waals surface area contributed by atoms with Crippen molar-refractivity contribution in [1.29, 1.82) is 0 Å². The van der Waals surface area contributed by atoms with E-state index in [-0.39, 0.29) is 23.7 Å². The molecule has 9 nitrogen and oxygen atoms in total. The Balaban J connectivity index is 1.75. The van der Waals surface area contributed by atoms with Crippen LogP contribution in [0.3, 0.4) is 0 Å². The lowest BCUT2D eigenvalue weighted by molar-refractivity contribution is -0.183. The Bertz CT molecular complexity index is 956. The molecule has 0 aromatic rings. The van der Waals surface area contributed by atoms with Crippen LogP contribution >= 0.6 is 0 Å². The number of carbonyl (C=O) groups is 3. The molecule has 0 N–H and O–H groups in total. The van der Waals surface area contributed by atoms with Crippen LogP contribution < -0.4 is 0 Å². The fourth-order valence-electron chi connectivity index (χ4n) is 5.39. The van der Waals surface area contributed by atoms with Crippen LogP contribution in [0.5, 0.6) is 0 Å². The summed E-state index contributed by atoms with van der Waals surface area (Å²) in [6.07, 6.45) is 2.51. The van der Waals surface area contributed by atoms with Gasteiger partial charge in [0.15, 0.2) is 12.2 Å². The number of epoxide rings is 2. The third-order valence-corrected chi connectivity index (χ3v) is 6.92. The Kier molecular flexibility index (Phi) is 7.11. The first kappa shape index (κ1) is 25.4. The average Bonchev–Trinajstić information content (AvgIpc) is 3.64. The zero-order valence-electron chi connectivity index (χ0n) is 20.9. The van der Waals surface area contributed by atoms with E-state index in [1.54, 1.807) is 6.08 Å². The van der Waals surface area contributed by atoms with Gasteiger partial charge in [-0.3, -0.25) is 14.4 Å². The van der Waals surface area contributed by atoms with Crippen molar-refractivity contribution in [3.8, 4) is 0 Å². The van der Waals surface area contributed by atoms with E-state index in [1.807, 2.05) is 13.8 Å². The van der Waals surface area contributed by atoms with Gasteiger partial charge in [-0.05, 0) is 39.2 Å². The molecule has 3 fully saturated rings. The van der Waals surface area contributed by atoms with Gasteiger partial charge in [0.2, 0.25) is 6.29 Å². The maximum atomic E-state index is 12.2. The normalized spacial score (nSPS) is 34.7. The standard InChI is InChI=1S/C26H34O9/c1-13(2)9-20(32-15(4)27)23(33-16(5)28)19-11-30-25(34-17(6)29)22-14(3)10-21-24(35-21)26(12-31-26)8-7-18(19)22/h9,11,18,20-25H,3,7-8,10,12H2,1-2,4-6H3. The van der Waals surface area contributed by atoms with Crippen molar-refractivity contribution in [2.75, 3.05) is 6.61 Å². The zero-order valence-corrected chi connectivity index (χ0v) is 20.9. The van der Waals surface area contributed by atoms with Gasteiger partial charge in [0.25, 0.3) is 0 Å². The van der Waals surface area contributed by atoms with Gasteiger partial charge in [-0.15, -0.1) is 0 Å². The largest absolute Gasteiger partial charge is 0.462 e. The second kappa shape index (κ2) is 9.78. The highest BCUT2D eigenvalue weighted by Crippen LogP contribution is 2.54. The molecule has 192 valence electrons. The van der Waals surface area contributed by atoms with Crippen LogP contribution in [-0.2, 0) is 42.8 Å². The molecule has 1 aliphatic carbocycles. The molecule has 4 rings (SSSR count). The minimum atomic E-state index is -0.924. The number of carbonyl (C=O) groups excluding carboxylic acids is 3. The van der Waals surface area contributed by atoms with Crippen molar-refractivity contribution in [2.24, 2.45) is 11.8 Å². The van der Waals surface area contributed by atoms with Crippen LogP contribution in [0.2, 0.25) is 0 Å². The molecular formula is C26H34O9. The Labute approximate surface area is 205 Å². The van der Waals surface area contributed by atoms with E-state index in [4.69, 9.17) is 28.4 Å². The van der Waals surface area contributed by atoms with E-state index < -0.39 is 42.3 Å². The lowest BCUT2D eigenvalue weighted by Gasteiger charge is -2.41. The van der Waals surface area contributed by atoms with Crippen LogP contribution in [0.4, 0.5) is 0 Å². The van der Waals surface area contributed by atoms with Crippen molar-refractivity contribution < 1.29 is 42.8 Å². The molecule has 0 aromatic carbocycles. The molecule has 0 bridgehead atoms. The van der Waals surface area contributed by atoms with Gasteiger partial charge in [-0.1, -0.05) is 17.7 Å². The minimum absolute atomic E-state index is 0.000167. The number of allylic oxidation sites excluding steroid dienone is 1. The maximum absolute atomic E-state index is 12.2. The quantitative estimate of drug-likeness (QED) is 0.240.